The molecule has 6 nitrogen and oxygen atoms in total. The highest BCUT2D eigenvalue weighted by Gasteiger charge is 2.28. The molecular formula is C25H27N3O3. The number of nitrogens with one attached hydrogen (secondary N) is 2. The van der Waals surface area contributed by atoms with Crippen molar-refractivity contribution < 1.29 is 14.3 Å². The van der Waals surface area contributed by atoms with E-state index in [2.05, 4.69) is 16.7 Å². The maximum atomic E-state index is 12.7. The fourth-order valence-corrected chi connectivity index (χ4v) is 3.94. The number of piperidine rings is 1. The van der Waals surface area contributed by atoms with Gasteiger partial charge in [0.1, 0.15) is 5.75 Å². The van der Waals surface area contributed by atoms with Crippen LogP contribution >= 0.6 is 0 Å². The molecular weight excluding hydrogens is 390 g/mol. The standard InChI is InChI=1S/C25H27N3O3/c1-31-23-12-11-19-14-18(9-10-20(19)15-23)16-26-25(30)28-13-5-6-21(17-28)24(29)27-22-7-3-2-4-8-22/h2-4,7-12,14-15,21H,5-6,13,16-17H2,1H3,(H,26,30)(H,27,29). The Balaban J connectivity index is 1.33. The lowest BCUT2D eigenvalue weighted by molar-refractivity contribution is -0.121. The van der Waals surface area contributed by atoms with Gasteiger partial charge >= 0.3 is 6.03 Å². The summed E-state index contributed by atoms with van der Waals surface area (Å²) in [7, 11) is 1.65. The van der Waals surface area contributed by atoms with Crippen LogP contribution in [-0.2, 0) is 11.3 Å². The number of benzene rings is 3. The minimum Gasteiger partial charge on any atom is -0.497 e. The molecule has 1 aliphatic rings. The van der Waals surface area contributed by atoms with E-state index in [1.807, 2.05) is 60.7 Å². The average Bonchev–Trinajstić information content (AvgIpc) is 2.82. The molecule has 0 aromatic heterocycles. The second-order valence-corrected chi connectivity index (χ2v) is 7.85. The van der Waals surface area contributed by atoms with E-state index < -0.39 is 0 Å². The molecule has 0 radical (unpaired) electrons. The zero-order valence-electron chi connectivity index (χ0n) is 17.6. The Hall–Kier alpha value is -3.54. The highest BCUT2D eigenvalue weighted by molar-refractivity contribution is 5.93. The molecule has 0 aliphatic carbocycles. The van der Waals surface area contributed by atoms with Crippen LogP contribution in [0.1, 0.15) is 18.4 Å². The van der Waals surface area contributed by atoms with Crippen molar-refractivity contribution in [1.29, 1.82) is 0 Å². The van der Waals surface area contributed by atoms with Crippen LogP contribution in [0.5, 0.6) is 5.75 Å². The van der Waals surface area contributed by atoms with E-state index in [9.17, 15) is 9.59 Å². The summed E-state index contributed by atoms with van der Waals surface area (Å²) in [6.07, 6.45) is 1.61. The van der Waals surface area contributed by atoms with Crippen LogP contribution in [0.15, 0.2) is 66.7 Å². The first-order valence-corrected chi connectivity index (χ1v) is 10.6. The van der Waals surface area contributed by atoms with Gasteiger partial charge in [-0.3, -0.25) is 4.79 Å². The second-order valence-electron chi connectivity index (χ2n) is 7.85. The number of para-hydroxylation sites is 1. The number of amides is 3. The molecule has 1 heterocycles. The third-order valence-corrected chi connectivity index (χ3v) is 5.68. The van der Waals surface area contributed by atoms with E-state index >= 15 is 0 Å². The Kier molecular flexibility index (Phi) is 6.36. The number of fused-ring (bicyclic) bond motifs is 1. The number of carbonyl (C=O) groups excluding carboxylic acids is 2. The van der Waals surface area contributed by atoms with Gasteiger partial charge in [-0.15, -0.1) is 0 Å². The summed E-state index contributed by atoms with van der Waals surface area (Å²) in [4.78, 5) is 27.1. The number of methoxy groups -OCH3 is 1. The minimum absolute atomic E-state index is 0.0337. The van der Waals surface area contributed by atoms with Gasteiger partial charge in [-0.25, -0.2) is 4.79 Å². The molecule has 6 heteroatoms. The lowest BCUT2D eigenvalue weighted by Crippen LogP contribution is -2.47. The van der Waals surface area contributed by atoms with Crippen LogP contribution in [0, 0.1) is 5.92 Å². The summed E-state index contributed by atoms with van der Waals surface area (Å²) in [5.74, 6) is 0.591. The molecule has 160 valence electrons. The molecule has 3 amide bonds. The predicted octanol–water partition coefficient (Wildman–Crippen LogP) is 4.41. The fourth-order valence-electron chi connectivity index (χ4n) is 3.94. The Morgan fingerprint density at radius 1 is 1.03 bits per heavy atom. The van der Waals surface area contributed by atoms with Crippen molar-refractivity contribution in [3.8, 4) is 5.75 Å². The normalized spacial score (nSPS) is 16.0. The van der Waals surface area contributed by atoms with E-state index in [1.54, 1.807) is 12.0 Å². The van der Waals surface area contributed by atoms with Crippen molar-refractivity contribution in [2.75, 3.05) is 25.5 Å². The van der Waals surface area contributed by atoms with Gasteiger partial charge in [0.2, 0.25) is 5.91 Å². The summed E-state index contributed by atoms with van der Waals surface area (Å²) < 4.78 is 5.27. The first-order chi connectivity index (χ1) is 15.1. The maximum absolute atomic E-state index is 12.7. The summed E-state index contributed by atoms with van der Waals surface area (Å²) in [6, 6.07) is 21.3. The molecule has 1 unspecified atom stereocenters. The number of nitrogens with zero attached hydrogens (tertiary/aromatic N) is 1. The average molecular weight is 418 g/mol. The molecule has 1 saturated heterocycles. The number of ether oxygens (including phenoxy) is 1. The van der Waals surface area contributed by atoms with Crippen LogP contribution < -0.4 is 15.4 Å². The van der Waals surface area contributed by atoms with Gasteiger partial charge in [-0.2, -0.15) is 0 Å². The van der Waals surface area contributed by atoms with Gasteiger partial charge in [0.05, 0.1) is 13.0 Å². The van der Waals surface area contributed by atoms with Gasteiger partial charge in [0.25, 0.3) is 0 Å². The number of carbonyl (C=O) groups is 2. The number of hydrogen-bond donors (Lipinski definition) is 2. The third-order valence-electron chi connectivity index (χ3n) is 5.68. The van der Waals surface area contributed by atoms with E-state index in [1.165, 1.54) is 0 Å². The summed E-state index contributed by atoms with van der Waals surface area (Å²) in [6.45, 7) is 1.54. The molecule has 1 aliphatic heterocycles. The highest BCUT2D eigenvalue weighted by atomic mass is 16.5. The van der Waals surface area contributed by atoms with Gasteiger partial charge in [0.15, 0.2) is 0 Å². The van der Waals surface area contributed by atoms with E-state index in [4.69, 9.17) is 4.74 Å². The molecule has 0 spiro atoms. The Morgan fingerprint density at radius 2 is 1.81 bits per heavy atom. The zero-order valence-corrected chi connectivity index (χ0v) is 17.6. The first-order valence-electron chi connectivity index (χ1n) is 10.6. The van der Waals surface area contributed by atoms with Crippen LogP contribution in [0.3, 0.4) is 0 Å². The number of urea groups is 1. The smallest absolute Gasteiger partial charge is 0.317 e. The Labute approximate surface area is 182 Å². The summed E-state index contributed by atoms with van der Waals surface area (Å²) in [5.41, 5.74) is 1.81. The number of likely N-dealkylation sites (tertiary alicyclic amines) is 1. The van der Waals surface area contributed by atoms with E-state index in [0.29, 0.717) is 19.6 Å². The quantitative estimate of drug-likeness (QED) is 0.646. The number of rotatable bonds is 5. The highest BCUT2D eigenvalue weighted by Crippen LogP contribution is 2.22. The molecule has 2 N–H and O–H groups in total. The summed E-state index contributed by atoms with van der Waals surface area (Å²) >= 11 is 0. The maximum Gasteiger partial charge on any atom is 0.317 e. The fraction of sp³-hybridized carbons (Fsp3) is 0.280. The Morgan fingerprint density at radius 3 is 2.61 bits per heavy atom. The van der Waals surface area contributed by atoms with Gasteiger partial charge < -0.3 is 20.3 Å². The number of anilines is 1. The summed E-state index contributed by atoms with van der Waals surface area (Å²) in [5, 5.41) is 8.14. The van der Waals surface area contributed by atoms with Crippen molar-refractivity contribution >= 4 is 28.4 Å². The minimum atomic E-state index is -0.199. The monoisotopic (exact) mass is 417 g/mol. The lowest BCUT2D eigenvalue weighted by atomic mass is 9.97. The van der Waals surface area contributed by atoms with Crippen LogP contribution in [-0.4, -0.2) is 37.0 Å². The molecule has 3 aromatic rings. The van der Waals surface area contributed by atoms with Crippen molar-refractivity contribution in [3.05, 3.63) is 72.3 Å². The molecule has 4 rings (SSSR count). The van der Waals surface area contributed by atoms with Crippen molar-refractivity contribution in [2.24, 2.45) is 5.92 Å². The van der Waals surface area contributed by atoms with Gasteiger partial charge in [-0.1, -0.05) is 36.4 Å². The molecule has 0 saturated carbocycles. The lowest BCUT2D eigenvalue weighted by Gasteiger charge is -2.32. The van der Waals surface area contributed by atoms with E-state index in [0.717, 1.165) is 40.6 Å². The molecule has 31 heavy (non-hydrogen) atoms. The topological polar surface area (TPSA) is 70.7 Å². The first kappa shape index (κ1) is 20.7. The van der Waals surface area contributed by atoms with Crippen molar-refractivity contribution in [3.63, 3.8) is 0 Å². The zero-order chi connectivity index (χ0) is 21.6. The molecule has 1 fully saturated rings. The Bertz CT molecular complexity index is 1070. The van der Waals surface area contributed by atoms with Crippen LogP contribution in [0.4, 0.5) is 10.5 Å². The van der Waals surface area contributed by atoms with Gasteiger partial charge in [-0.05, 0) is 59.5 Å². The largest absolute Gasteiger partial charge is 0.497 e. The van der Waals surface area contributed by atoms with Crippen molar-refractivity contribution in [2.45, 2.75) is 19.4 Å². The predicted molar refractivity (Wildman–Crippen MR) is 122 cm³/mol. The SMILES string of the molecule is COc1ccc2cc(CNC(=O)N3CCCC(C(=O)Nc4ccccc4)C3)ccc2c1. The second kappa shape index (κ2) is 9.51. The number of hydrogen-bond acceptors (Lipinski definition) is 3. The van der Waals surface area contributed by atoms with Crippen LogP contribution in [0.25, 0.3) is 10.8 Å². The van der Waals surface area contributed by atoms with Gasteiger partial charge in [0, 0.05) is 25.3 Å². The molecule has 1 atom stereocenters. The third kappa shape index (κ3) is 5.15. The van der Waals surface area contributed by atoms with Crippen LogP contribution in [0.2, 0.25) is 0 Å². The van der Waals surface area contributed by atoms with E-state index in [-0.39, 0.29) is 17.9 Å². The molecule has 0 bridgehead atoms. The molecule has 3 aromatic carbocycles. The van der Waals surface area contributed by atoms with Crippen molar-refractivity contribution in [1.82, 2.24) is 10.2 Å².